The highest BCUT2D eigenvalue weighted by atomic mass is 19.1. The molecule has 0 aliphatic carbocycles. The van der Waals surface area contributed by atoms with Crippen molar-refractivity contribution in [1.82, 2.24) is 49.9 Å². The number of nitrogens with zero attached hydrogens (tertiary/aromatic N) is 6. The number of hydrogen-bond donors (Lipinski definition) is 6. The Hall–Kier alpha value is -8.98. The largest absolute Gasteiger partial charge is 0.457 e. The molecule has 1 aromatic carbocycles. The van der Waals surface area contributed by atoms with E-state index in [0.29, 0.717) is 57.8 Å². The number of aromatic nitrogens is 4. The van der Waals surface area contributed by atoms with E-state index in [1.54, 1.807) is 19.9 Å². The first-order chi connectivity index (χ1) is 41.4. The molecule has 472 valence electrons. The molecule has 0 unspecified atom stereocenters. The van der Waals surface area contributed by atoms with Gasteiger partial charge < -0.3 is 61.4 Å². The molecule has 87 heavy (non-hydrogen) atoms. The molecule has 8 amide bonds. The number of rotatable bonds is 31. The van der Waals surface area contributed by atoms with Gasteiger partial charge in [-0.05, 0) is 62.4 Å². The number of carbonyl (C=O) groups excluding carboxylic acids is 9. The molecular weight excluding hydrogens is 1140 g/mol. The average molecular weight is 1220 g/mol. The summed E-state index contributed by atoms with van der Waals surface area (Å²) in [7, 11) is 2.61. The highest BCUT2D eigenvalue weighted by Crippen LogP contribution is 2.42. The zero-order valence-electron chi connectivity index (χ0n) is 50.3. The molecule has 4 aromatic rings. The first-order valence-corrected chi connectivity index (χ1v) is 29.5. The Bertz CT molecular complexity index is 3470. The molecule has 27 nitrogen and oxygen atoms in total. The van der Waals surface area contributed by atoms with E-state index < -0.39 is 119 Å². The van der Waals surface area contributed by atoms with Gasteiger partial charge in [0.15, 0.2) is 5.75 Å². The highest BCUT2D eigenvalue weighted by molar-refractivity contribution is 5.94. The summed E-state index contributed by atoms with van der Waals surface area (Å²) in [5.74, 6) is -6.60. The summed E-state index contributed by atoms with van der Waals surface area (Å²) >= 11 is 0. The van der Waals surface area contributed by atoms with Gasteiger partial charge in [0.2, 0.25) is 46.9 Å². The van der Waals surface area contributed by atoms with E-state index in [9.17, 15) is 57.5 Å². The Kier molecular flexibility index (Phi) is 23.5. The minimum Gasteiger partial charge on any atom is -0.457 e. The van der Waals surface area contributed by atoms with Crippen LogP contribution < -0.4 is 54.4 Å². The maximum atomic E-state index is 15.3. The average Bonchev–Trinajstić information content (AvgIpc) is 1.67. The van der Waals surface area contributed by atoms with Gasteiger partial charge in [-0.15, -0.1) is 0 Å². The summed E-state index contributed by atoms with van der Waals surface area (Å²) in [6, 6.07) is 1.38. The molecule has 5 heterocycles. The van der Waals surface area contributed by atoms with Gasteiger partial charge in [0, 0.05) is 69.1 Å². The predicted octanol–water partition coefficient (Wildman–Crippen LogP) is 2.98. The number of cyclic esters (lactones) is 1. The van der Waals surface area contributed by atoms with Gasteiger partial charge in [-0.25, -0.2) is 28.7 Å². The monoisotopic (exact) mass is 1210 g/mol. The Morgan fingerprint density at radius 3 is 1.98 bits per heavy atom. The van der Waals surface area contributed by atoms with Crippen molar-refractivity contribution in [3.05, 3.63) is 89.7 Å². The number of esters is 1. The van der Waals surface area contributed by atoms with Crippen LogP contribution in [0.2, 0.25) is 0 Å². The van der Waals surface area contributed by atoms with Crippen molar-refractivity contribution in [1.29, 1.82) is 0 Å². The van der Waals surface area contributed by atoms with Gasteiger partial charge in [-0.2, -0.15) is 4.39 Å². The summed E-state index contributed by atoms with van der Waals surface area (Å²) in [6.07, 6.45) is 7.76. The highest BCUT2D eigenvalue weighted by Gasteiger charge is 2.51. The smallest absolute Gasteiger partial charge is 0.411 e. The summed E-state index contributed by atoms with van der Waals surface area (Å²) in [5.41, 5.74) is 7.50. The fourth-order valence-electron chi connectivity index (χ4n) is 10.6. The summed E-state index contributed by atoms with van der Waals surface area (Å²) < 4.78 is 28.7. The molecule has 0 radical (unpaired) electrons. The van der Waals surface area contributed by atoms with Crippen molar-refractivity contribution < 1.29 is 61.9 Å². The van der Waals surface area contributed by atoms with Crippen LogP contribution in [-0.4, -0.2) is 134 Å². The van der Waals surface area contributed by atoms with E-state index in [1.807, 2.05) is 6.92 Å². The second-order valence-electron chi connectivity index (χ2n) is 21.9. The van der Waals surface area contributed by atoms with Crippen molar-refractivity contribution in [2.45, 2.75) is 174 Å². The Balaban J connectivity index is 1.18. The second-order valence-corrected chi connectivity index (χ2v) is 21.9. The van der Waals surface area contributed by atoms with Crippen LogP contribution in [-0.2, 0) is 68.2 Å². The summed E-state index contributed by atoms with van der Waals surface area (Å²) in [6.45, 7) is 8.00. The number of primary amides is 2. The van der Waals surface area contributed by atoms with Crippen LogP contribution in [0.1, 0.15) is 153 Å². The topological polar surface area (TPSA) is 367 Å². The fourth-order valence-corrected chi connectivity index (χ4v) is 10.6. The quantitative estimate of drug-likeness (QED) is 0.0274. The minimum atomic E-state index is -2.12. The second kappa shape index (κ2) is 30.4. The number of benzene rings is 1. The van der Waals surface area contributed by atoms with Gasteiger partial charge >= 0.3 is 29.3 Å². The lowest BCUT2D eigenvalue weighted by Gasteiger charge is -2.37. The number of aryl methyl sites for hydroxylation is 1. The van der Waals surface area contributed by atoms with Gasteiger partial charge in [0.25, 0.3) is 5.56 Å². The zero-order chi connectivity index (χ0) is 63.9. The van der Waals surface area contributed by atoms with E-state index in [1.165, 1.54) is 36.9 Å². The van der Waals surface area contributed by atoms with Gasteiger partial charge in [-0.3, -0.25) is 38.4 Å². The third-order valence-corrected chi connectivity index (χ3v) is 15.2. The number of hydrogen-bond acceptors (Lipinski definition) is 16. The standard InChI is InChI=1S/C59H79FN12O15/c1-8-12-14-16-18-20-48(75)65-43(28-46(61)73)51(77)63-24-25-68(6)56(82)71-32-41(60)54(80)72(57(71)83)87-35-22-23-42-37(26-35)36(10-3)38-31-70-45(50(38)67-42)27-40-39(53(70)79)33-85-55(81)59(40,11-4)86-58(84)69(7)30-34(5)64-52(78)44(29-47(62)74)66-49(76)21-19-17-15-13-9-2/h22-23,26-27,32,34,43-44H,8-21,24-25,28-31,33H2,1-7H3,(H2,61,73)(H2,62,74)(H,63,77)(H,64,78)(H,65,75)(H,66,76)/t34-,43+,44+,59-/m0/s1. The molecular formula is C59H79FN12O15. The summed E-state index contributed by atoms with van der Waals surface area (Å²) in [5, 5.41) is 10.8. The number of nitrogens with two attached hydrogens (primary N) is 2. The molecule has 28 heteroatoms. The molecule has 2 aliphatic rings. The third kappa shape index (κ3) is 16.3. The van der Waals surface area contributed by atoms with E-state index >= 15 is 4.39 Å². The molecule has 6 rings (SSSR count). The van der Waals surface area contributed by atoms with Crippen molar-refractivity contribution >= 4 is 64.4 Å². The Morgan fingerprint density at radius 2 is 1.39 bits per heavy atom. The first-order valence-electron chi connectivity index (χ1n) is 29.5. The van der Waals surface area contributed by atoms with Crippen molar-refractivity contribution in [3.63, 3.8) is 0 Å². The molecule has 8 N–H and O–H groups in total. The SMILES string of the molecule is CCCCCCCC(=O)N[C@H](CC(N)=O)C(=O)NCCN(C)C(=O)n1cc(F)c(=O)n(Oc2ccc3nc4c(c(CC)c3c2)Cn2c-4cc3c(c2=O)COC(=O)[C@@]3(CC)OC(=O)N(C)C[C@H](C)NC(=O)[C@@H](CC(N)=O)NC(=O)CCCCCCC)c1=O. The predicted molar refractivity (Wildman–Crippen MR) is 314 cm³/mol. The zero-order valence-corrected chi connectivity index (χ0v) is 50.3. The molecule has 0 fully saturated rings. The maximum Gasteiger partial charge on any atom is 0.411 e. The van der Waals surface area contributed by atoms with Gasteiger partial charge in [-0.1, -0.05) is 83.8 Å². The van der Waals surface area contributed by atoms with Crippen LogP contribution in [0.25, 0.3) is 22.3 Å². The molecule has 4 atom stereocenters. The lowest BCUT2D eigenvalue weighted by molar-refractivity contribution is -0.173. The lowest BCUT2D eigenvalue weighted by atomic mass is 9.85. The number of unbranched alkanes of at least 4 members (excludes halogenated alkanes) is 8. The molecule has 2 aliphatic heterocycles. The first kappa shape index (κ1) is 67.2. The number of amides is 8. The van der Waals surface area contributed by atoms with Gasteiger partial charge in [0.1, 0.15) is 18.7 Å². The normalized spacial score (nSPS) is 14.9. The van der Waals surface area contributed by atoms with Crippen molar-refractivity contribution in [3.8, 4) is 17.1 Å². The van der Waals surface area contributed by atoms with E-state index in [2.05, 4.69) is 35.1 Å². The van der Waals surface area contributed by atoms with Crippen LogP contribution in [0.3, 0.4) is 0 Å². The van der Waals surface area contributed by atoms with E-state index in [0.717, 1.165) is 61.2 Å². The van der Waals surface area contributed by atoms with Crippen LogP contribution in [0.5, 0.6) is 5.75 Å². The number of pyridine rings is 2. The summed E-state index contributed by atoms with van der Waals surface area (Å²) in [4.78, 5) is 171. The van der Waals surface area contributed by atoms with Crippen LogP contribution in [0.15, 0.2) is 44.8 Å². The number of carbonyl (C=O) groups is 9. The third-order valence-electron chi connectivity index (χ3n) is 15.2. The van der Waals surface area contributed by atoms with Crippen LogP contribution >= 0.6 is 0 Å². The van der Waals surface area contributed by atoms with E-state index in [4.69, 9.17) is 30.8 Å². The number of fused-ring (bicyclic) bond motifs is 5. The Labute approximate surface area is 500 Å². The number of nitrogens with one attached hydrogen (secondary N) is 4. The van der Waals surface area contributed by atoms with E-state index in [-0.39, 0.29) is 72.7 Å². The maximum absolute atomic E-state index is 15.3. The number of halogens is 1. The van der Waals surface area contributed by atoms with Gasteiger partial charge in [0.05, 0.1) is 48.1 Å². The molecule has 0 saturated carbocycles. The number of likely N-dealkylation sites (N-methyl/N-ethyl adjacent to an activating group) is 2. The van der Waals surface area contributed by atoms with Crippen molar-refractivity contribution in [2.75, 3.05) is 33.7 Å². The molecule has 0 spiro atoms. The molecule has 0 saturated heterocycles. The molecule has 0 bridgehead atoms. The minimum absolute atomic E-state index is 0.00659. The molecule has 3 aromatic heterocycles. The Morgan fingerprint density at radius 1 is 0.782 bits per heavy atom. The fraction of sp³-hybridized carbons (Fsp3) is 0.542. The lowest BCUT2D eigenvalue weighted by Crippen LogP contribution is -2.53. The van der Waals surface area contributed by atoms with Crippen LogP contribution in [0.4, 0.5) is 14.0 Å². The number of ether oxygens (including phenoxy) is 2. The van der Waals surface area contributed by atoms with Crippen LogP contribution in [0, 0.1) is 5.82 Å². The van der Waals surface area contributed by atoms with Crippen molar-refractivity contribution in [2.24, 2.45) is 11.5 Å².